The molecular formula is C22H18N2O2S. The number of Topliss-reactive ketones (excluding diaryl/α,β-unsaturated/α-hetero) is 1. The van der Waals surface area contributed by atoms with Gasteiger partial charge in [-0.2, -0.15) is 0 Å². The van der Waals surface area contributed by atoms with Crippen molar-refractivity contribution in [1.82, 2.24) is 5.32 Å². The number of fused-ring (bicyclic) bond motifs is 1. The van der Waals surface area contributed by atoms with Gasteiger partial charge in [0, 0.05) is 17.4 Å². The highest BCUT2D eigenvalue weighted by Crippen LogP contribution is 2.30. The first-order valence-corrected chi connectivity index (χ1v) is 9.62. The molecule has 134 valence electrons. The van der Waals surface area contributed by atoms with Crippen LogP contribution < -0.4 is 5.32 Å². The third-order valence-corrected chi connectivity index (χ3v) is 5.59. The van der Waals surface area contributed by atoms with Crippen molar-refractivity contribution in [3.63, 3.8) is 0 Å². The number of amides is 1. The molecule has 1 heterocycles. The molecule has 0 saturated carbocycles. The number of carbonyl (C=O) groups is 2. The highest BCUT2D eigenvalue weighted by molar-refractivity contribution is 8.15. The molecule has 0 bridgehead atoms. The lowest BCUT2D eigenvalue weighted by molar-refractivity contribution is -0.118. The van der Waals surface area contributed by atoms with Crippen molar-refractivity contribution in [3.8, 4) is 0 Å². The second-order valence-corrected chi connectivity index (χ2v) is 7.70. The molecule has 1 atom stereocenters. The maximum absolute atomic E-state index is 12.5. The van der Waals surface area contributed by atoms with Gasteiger partial charge in [0.05, 0.1) is 10.9 Å². The van der Waals surface area contributed by atoms with E-state index in [1.807, 2.05) is 61.5 Å². The third kappa shape index (κ3) is 3.78. The summed E-state index contributed by atoms with van der Waals surface area (Å²) in [5, 5.41) is 5.02. The predicted octanol–water partition coefficient (Wildman–Crippen LogP) is 4.64. The molecule has 3 aromatic rings. The molecule has 1 aliphatic rings. The molecule has 0 aliphatic carbocycles. The summed E-state index contributed by atoms with van der Waals surface area (Å²) >= 11 is 1.32. The van der Waals surface area contributed by atoms with Gasteiger partial charge in [-0.3, -0.25) is 9.59 Å². The van der Waals surface area contributed by atoms with E-state index < -0.39 is 5.25 Å². The first-order valence-electron chi connectivity index (χ1n) is 8.74. The summed E-state index contributed by atoms with van der Waals surface area (Å²) in [4.78, 5) is 29.4. The Bertz CT molecular complexity index is 1050. The minimum Gasteiger partial charge on any atom is -0.304 e. The highest BCUT2D eigenvalue weighted by atomic mass is 32.2. The number of ketones is 1. The molecular weight excluding hydrogens is 356 g/mol. The van der Waals surface area contributed by atoms with Crippen molar-refractivity contribution in [2.24, 2.45) is 4.99 Å². The second-order valence-electron chi connectivity index (χ2n) is 6.50. The van der Waals surface area contributed by atoms with Crippen LogP contribution in [0.25, 0.3) is 10.8 Å². The van der Waals surface area contributed by atoms with Crippen molar-refractivity contribution >= 4 is 45.1 Å². The maximum atomic E-state index is 12.5. The molecule has 1 fully saturated rings. The fourth-order valence-electron chi connectivity index (χ4n) is 3.03. The fourth-order valence-corrected chi connectivity index (χ4v) is 4.01. The van der Waals surface area contributed by atoms with Crippen molar-refractivity contribution in [3.05, 3.63) is 77.9 Å². The van der Waals surface area contributed by atoms with E-state index in [4.69, 9.17) is 0 Å². The van der Waals surface area contributed by atoms with Crippen LogP contribution in [0, 0.1) is 6.92 Å². The summed E-state index contributed by atoms with van der Waals surface area (Å²) < 4.78 is 0. The molecule has 1 amide bonds. The van der Waals surface area contributed by atoms with E-state index in [1.54, 1.807) is 12.1 Å². The summed E-state index contributed by atoms with van der Waals surface area (Å²) in [5.74, 6) is -0.200. The average Bonchev–Trinajstić information content (AvgIpc) is 3.01. The molecule has 0 aromatic heterocycles. The Labute approximate surface area is 161 Å². The van der Waals surface area contributed by atoms with Gasteiger partial charge >= 0.3 is 0 Å². The van der Waals surface area contributed by atoms with Crippen LogP contribution in [0.3, 0.4) is 0 Å². The van der Waals surface area contributed by atoms with Gasteiger partial charge in [0.15, 0.2) is 11.0 Å². The maximum Gasteiger partial charge on any atom is 0.240 e. The van der Waals surface area contributed by atoms with Crippen LogP contribution in [0.5, 0.6) is 0 Å². The standard InChI is InChI=1S/C22H18N2O2S/c1-14-9-11-16(12-10-14)19(25)13-20-21(26)24-22(27-20)23-18-8-4-6-15-5-2-3-7-17(15)18/h2-12,20H,13H2,1H3,(H,23,24,26). The van der Waals surface area contributed by atoms with Gasteiger partial charge in [-0.25, -0.2) is 4.99 Å². The lowest BCUT2D eigenvalue weighted by Gasteiger charge is -2.05. The summed E-state index contributed by atoms with van der Waals surface area (Å²) in [6, 6.07) is 21.3. The lowest BCUT2D eigenvalue weighted by Crippen LogP contribution is -2.26. The molecule has 27 heavy (non-hydrogen) atoms. The Morgan fingerprint density at radius 1 is 1.04 bits per heavy atom. The number of nitrogens with one attached hydrogen (secondary N) is 1. The van der Waals surface area contributed by atoms with E-state index in [0.717, 1.165) is 22.0 Å². The van der Waals surface area contributed by atoms with E-state index in [1.165, 1.54) is 11.8 Å². The Kier molecular flexibility index (Phi) is 4.77. The SMILES string of the molecule is Cc1ccc(C(=O)CC2SC(=Nc3cccc4ccccc34)NC2=O)cc1. The van der Waals surface area contributed by atoms with Crippen molar-refractivity contribution in [2.75, 3.05) is 0 Å². The van der Waals surface area contributed by atoms with Gasteiger partial charge in [-0.15, -0.1) is 0 Å². The van der Waals surface area contributed by atoms with Crippen LogP contribution in [0.2, 0.25) is 0 Å². The summed E-state index contributed by atoms with van der Waals surface area (Å²) in [6.07, 6.45) is 0.161. The Balaban J connectivity index is 1.52. The first-order chi connectivity index (χ1) is 13.1. The van der Waals surface area contributed by atoms with Gasteiger partial charge in [0.2, 0.25) is 5.91 Å². The minimum absolute atomic E-state index is 0.0333. The predicted molar refractivity (Wildman–Crippen MR) is 111 cm³/mol. The van der Waals surface area contributed by atoms with Crippen LogP contribution in [0.15, 0.2) is 71.7 Å². The van der Waals surface area contributed by atoms with Crippen molar-refractivity contribution in [1.29, 1.82) is 0 Å². The molecule has 1 saturated heterocycles. The van der Waals surface area contributed by atoms with Gasteiger partial charge in [-0.05, 0) is 18.4 Å². The second kappa shape index (κ2) is 7.37. The number of benzene rings is 3. The Hall–Kier alpha value is -2.92. The van der Waals surface area contributed by atoms with E-state index in [0.29, 0.717) is 10.7 Å². The zero-order chi connectivity index (χ0) is 18.8. The smallest absolute Gasteiger partial charge is 0.240 e. The molecule has 0 radical (unpaired) electrons. The fraction of sp³-hybridized carbons (Fsp3) is 0.136. The van der Waals surface area contributed by atoms with Crippen molar-refractivity contribution in [2.45, 2.75) is 18.6 Å². The van der Waals surface area contributed by atoms with Crippen LogP contribution in [-0.2, 0) is 4.79 Å². The first kappa shape index (κ1) is 17.5. The summed E-state index contributed by atoms with van der Waals surface area (Å²) in [6.45, 7) is 1.98. The zero-order valence-corrected chi connectivity index (χ0v) is 15.6. The number of nitrogens with zero attached hydrogens (tertiary/aromatic N) is 1. The number of hydrogen-bond donors (Lipinski definition) is 1. The van der Waals surface area contributed by atoms with Gasteiger partial charge in [0.25, 0.3) is 0 Å². The molecule has 1 aliphatic heterocycles. The lowest BCUT2D eigenvalue weighted by atomic mass is 10.0. The van der Waals surface area contributed by atoms with E-state index in [9.17, 15) is 9.59 Å². The van der Waals surface area contributed by atoms with Crippen LogP contribution >= 0.6 is 11.8 Å². The molecule has 4 nitrogen and oxygen atoms in total. The van der Waals surface area contributed by atoms with Gasteiger partial charge in [-0.1, -0.05) is 78.0 Å². The monoisotopic (exact) mass is 374 g/mol. The molecule has 0 spiro atoms. The van der Waals surface area contributed by atoms with Crippen LogP contribution in [-0.4, -0.2) is 22.1 Å². The normalized spacial score (nSPS) is 18.0. The highest BCUT2D eigenvalue weighted by Gasteiger charge is 2.32. The largest absolute Gasteiger partial charge is 0.304 e. The number of carbonyl (C=O) groups excluding carboxylic acids is 2. The minimum atomic E-state index is -0.451. The summed E-state index contributed by atoms with van der Waals surface area (Å²) in [7, 11) is 0. The molecule has 4 rings (SSSR count). The van der Waals surface area contributed by atoms with E-state index in [2.05, 4.69) is 10.3 Å². The third-order valence-electron chi connectivity index (χ3n) is 4.51. The Morgan fingerprint density at radius 3 is 2.59 bits per heavy atom. The topological polar surface area (TPSA) is 58.5 Å². The Morgan fingerprint density at radius 2 is 1.78 bits per heavy atom. The van der Waals surface area contributed by atoms with E-state index >= 15 is 0 Å². The number of hydrogen-bond acceptors (Lipinski definition) is 4. The van der Waals surface area contributed by atoms with Crippen LogP contribution in [0.1, 0.15) is 22.3 Å². The molecule has 5 heteroatoms. The van der Waals surface area contributed by atoms with E-state index in [-0.39, 0.29) is 18.1 Å². The molecule has 1 N–H and O–H groups in total. The van der Waals surface area contributed by atoms with Crippen molar-refractivity contribution < 1.29 is 9.59 Å². The number of aliphatic imine (C=N–C) groups is 1. The zero-order valence-electron chi connectivity index (χ0n) is 14.8. The van der Waals surface area contributed by atoms with Gasteiger partial charge < -0.3 is 5.32 Å². The van der Waals surface area contributed by atoms with Crippen LogP contribution in [0.4, 0.5) is 5.69 Å². The number of rotatable bonds is 4. The van der Waals surface area contributed by atoms with Gasteiger partial charge in [0.1, 0.15) is 0 Å². The summed E-state index contributed by atoms with van der Waals surface area (Å²) in [5.41, 5.74) is 2.54. The number of thioether (sulfide) groups is 1. The average molecular weight is 374 g/mol. The molecule has 1 unspecified atom stereocenters. The number of aryl methyl sites for hydroxylation is 1. The number of amidine groups is 1. The molecule has 3 aromatic carbocycles. The quantitative estimate of drug-likeness (QED) is 0.677.